The highest BCUT2D eigenvalue weighted by Crippen LogP contribution is 2.24. The van der Waals surface area contributed by atoms with E-state index in [4.69, 9.17) is 5.11 Å². The average molecular weight is 157 g/mol. The van der Waals surface area contributed by atoms with Gasteiger partial charge in [-0.1, -0.05) is 13.8 Å². The van der Waals surface area contributed by atoms with Gasteiger partial charge in [-0.3, -0.25) is 14.5 Å². The van der Waals surface area contributed by atoms with Crippen molar-refractivity contribution in [3.63, 3.8) is 0 Å². The highest BCUT2D eigenvalue weighted by molar-refractivity contribution is 6.04. The lowest BCUT2D eigenvalue weighted by Crippen LogP contribution is -2.31. The summed E-state index contributed by atoms with van der Waals surface area (Å²) < 4.78 is 0. The molecule has 2 unspecified atom stereocenters. The second-order valence-electron chi connectivity index (χ2n) is 2.82. The Bertz CT molecular complexity index is 182. The van der Waals surface area contributed by atoms with Gasteiger partial charge in [0, 0.05) is 11.8 Å². The zero-order valence-corrected chi connectivity index (χ0v) is 6.57. The number of carbonyl (C=O) groups excluding carboxylic acids is 2. The van der Waals surface area contributed by atoms with E-state index in [9.17, 15) is 9.59 Å². The summed E-state index contributed by atoms with van der Waals surface area (Å²) in [6.45, 7) is 2.90. The number of aliphatic hydroxyl groups excluding tert-OH is 1. The van der Waals surface area contributed by atoms with Crippen molar-refractivity contribution in [2.24, 2.45) is 11.8 Å². The Balaban J connectivity index is 2.86. The van der Waals surface area contributed by atoms with Gasteiger partial charge in [-0.05, 0) is 0 Å². The second-order valence-corrected chi connectivity index (χ2v) is 2.82. The summed E-state index contributed by atoms with van der Waals surface area (Å²) in [5, 5.41) is 8.63. The fourth-order valence-electron chi connectivity index (χ4n) is 1.17. The Morgan fingerprint density at radius 2 is 1.64 bits per heavy atom. The second kappa shape index (κ2) is 2.62. The molecule has 2 amide bonds. The monoisotopic (exact) mass is 157 g/mol. The van der Waals surface area contributed by atoms with Gasteiger partial charge in [0.25, 0.3) is 0 Å². The molecule has 1 heterocycles. The third-order valence-electron chi connectivity index (χ3n) is 2.20. The summed E-state index contributed by atoms with van der Waals surface area (Å²) in [6, 6.07) is 0. The van der Waals surface area contributed by atoms with Crippen LogP contribution in [0.5, 0.6) is 0 Å². The fourth-order valence-corrected chi connectivity index (χ4v) is 1.17. The van der Waals surface area contributed by atoms with E-state index in [2.05, 4.69) is 0 Å². The summed E-state index contributed by atoms with van der Waals surface area (Å²) in [5.41, 5.74) is 0. The van der Waals surface area contributed by atoms with Crippen molar-refractivity contribution in [3.8, 4) is 0 Å². The molecule has 0 spiro atoms. The molecule has 1 aliphatic heterocycles. The molecule has 4 nitrogen and oxygen atoms in total. The maximum Gasteiger partial charge on any atom is 0.234 e. The average Bonchev–Trinajstić information content (AvgIpc) is 2.17. The van der Waals surface area contributed by atoms with E-state index in [0.717, 1.165) is 4.90 Å². The summed E-state index contributed by atoms with van der Waals surface area (Å²) in [5.74, 6) is -1.11. The van der Waals surface area contributed by atoms with Gasteiger partial charge in [0.15, 0.2) is 0 Å². The van der Waals surface area contributed by atoms with Crippen LogP contribution in [0.2, 0.25) is 0 Å². The molecular weight excluding hydrogens is 146 g/mol. The number of imide groups is 1. The normalized spacial score (nSPS) is 31.7. The number of aliphatic hydroxyl groups is 1. The maximum atomic E-state index is 11.1. The molecular formula is C7H11NO3. The molecule has 62 valence electrons. The highest BCUT2D eigenvalue weighted by atomic mass is 16.3. The summed E-state index contributed by atoms with van der Waals surface area (Å²) in [7, 11) is 0. The zero-order valence-electron chi connectivity index (χ0n) is 6.57. The number of hydrogen-bond acceptors (Lipinski definition) is 3. The van der Waals surface area contributed by atoms with E-state index in [1.165, 1.54) is 0 Å². The number of amides is 2. The molecule has 2 atom stereocenters. The molecule has 1 rings (SSSR count). The van der Waals surface area contributed by atoms with Crippen molar-refractivity contribution in [2.75, 3.05) is 6.73 Å². The van der Waals surface area contributed by atoms with Crippen LogP contribution in [0, 0.1) is 11.8 Å². The third kappa shape index (κ3) is 1.03. The number of rotatable bonds is 1. The molecule has 11 heavy (non-hydrogen) atoms. The van der Waals surface area contributed by atoms with E-state index < -0.39 is 6.73 Å². The standard InChI is InChI=1S/C7H11NO3/c1-4-5(2)7(11)8(3-9)6(4)10/h4-5,9H,3H2,1-2H3. The Morgan fingerprint density at radius 1 is 1.27 bits per heavy atom. The molecule has 0 aliphatic carbocycles. The lowest BCUT2D eigenvalue weighted by atomic mass is 10.00. The summed E-state index contributed by atoms with van der Waals surface area (Å²) >= 11 is 0. The van der Waals surface area contributed by atoms with Crippen LogP contribution in [0.1, 0.15) is 13.8 Å². The summed E-state index contributed by atoms with van der Waals surface area (Å²) in [6.07, 6.45) is 0. The van der Waals surface area contributed by atoms with Crippen LogP contribution in [-0.4, -0.2) is 28.6 Å². The first kappa shape index (κ1) is 8.20. The first-order valence-electron chi connectivity index (χ1n) is 3.55. The molecule has 0 aromatic heterocycles. The van der Waals surface area contributed by atoms with E-state index in [1.807, 2.05) is 0 Å². The minimum atomic E-state index is -0.494. The summed E-state index contributed by atoms with van der Waals surface area (Å²) in [4.78, 5) is 23.1. The SMILES string of the molecule is CC1C(=O)N(CO)C(=O)C1C. The topological polar surface area (TPSA) is 57.6 Å². The van der Waals surface area contributed by atoms with Crippen molar-refractivity contribution in [2.45, 2.75) is 13.8 Å². The Hall–Kier alpha value is -0.900. The van der Waals surface area contributed by atoms with Gasteiger partial charge in [0.1, 0.15) is 6.73 Å². The van der Waals surface area contributed by atoms with Crippen LogP contribution >= 0.6 is 0 Å². The van der Waals surface area contributed by atoms with Gasteiger partial charge >= 0.3 is 0 Å². The molecule has 0 saturated carbocycles. The predicted octanol–water partition coefficient (Wildman–Crippen LogP) is -0.423. The van der Waals surface area contributed by atoms with Crippen LogP contribution in [0.15, 0.2) is 0 Å². The van der Waals surface area contributed by atoms with E-state index >= 15 is 0 Å². The molecule has 1 fully saturated rings. The van der Waals surface area contributed by atoms with Gasteiger partial charge in [0.05, 0.1) is 0 Å². The molecule has 0 bridgehead atoms. The first-order valence-corrected chi connectivity index (χ1v) is 3.55. The van der Waals surface area contributed by atoms with Gasteiger partial charge in [-0.2, -0.15) is 0 Å². The molecule has 1 saturated heterocycles. The van der Waals surface area contributed by atoms with Crippen molar-refractivity contribution >= 4 is 11.8 Å². The van der Waals surface area contributed by atoms with Crippen molar-refractivity contribution in [1.82, 2.24) is 4.90 Å². The van der Waals surface area contributed by atoms with Crippen LogP contribution in [0.25, 0.3) is 0 Å². The molecule has 1 aliphatic rings. The molecule has 0 aromatic rings. The lowest BCUT2D eigenvalue weighted by Gasteiger charge is -2.08. The molecule has 0 aromatic carbocycles. The largest absolute Gasteiger partial charge is 0.376 e. The van der Waals surface area contributed by atoms with Gasteiger partial charge in [-0.15, -0.1) is 0 Å². The predicted molar refractivity (Wildman–Crippen MR) is 37.3 cm³/mol. The fraction of sp³-hybridized carbons (Fsp3) is 0.714. The Kier molecular flexibility index (Phi) is 1.95. The molecule has 4 heteroatoms. The number of nitrogens with zero attached hydrogens (tertiary/aromatic N) is 1. The Labute approximate surface area is 64.8 Å². The minimum Gasteiger partial charge on any atom is -0.376 e. The lowest BCUT2D eigenvalue weighted by molar-refractivity contribution is -0.143. The highest BCUT2D eigenvalue weighted by Gasteiger charge is 2.41. The van der Waals surface area contributed by atoms with Crippen molar-refractivity contribution in [3.05, 3.63) is 0 Å². The number of likely N-dealkylation sites (tertiary alicyclic amines) is 1. The smallest absolute Gasteiger partial charge is 0.234 e. The van der Waals surface area contributed by atoms with Crippen molar-refractivity contribution < 1.29 is 14.7 Å². The van der Waals surface area contributed by atoms with E-state index in [1.54, 1.807) is 13.8 Å². The van der Waals surface area contributed by atoms with Crippen LogP contribution in [0.3, 0.4) is 0 Å². The van der Waals surface area contributed by atoms with Crippen LogP contribution < -0.4 is 0 Å². The molecule has 1 N–H and O–H groups in total. The number of carbonyl (C=O) groups is 2. The van der Waals surface area contributed by atoms with Crippen LogP contribution in [-0.2, 0) is 9.59 Å². The Morgan fingerprint density at radius 3 is 1.82 bits per heavy atom. The van der Waals surface area contributed by atoms with E-state index in [0.29, 0.717) is 0 Å². The number of hydrogen-bond donors (Lipinski definition) is 1. The first-order chi connectivity index (χ1) is 5.09. The van der Waals surface area contributed by atoms with Crippen molar-refractivity contribution in [1.29, 1.82) is 0 Å². The third-order valence-corrected chi connectivity index (χ3v) is 2.20. The van der Waals surface area contributed by atoms with Crippen LogP contribution in [0.4, 0.5) is 0 Å². The van der Waals surface area contributed by atoms with Gasteiger partial charge in [-0.25, -0.2) is 0 Å². The van der Waals surface area contributed by atoms with Gasteiger partial charge in [0.2, 0.25) is 11.8 Å². The maximum absolute atomic E-state index is 11.1. The quantitative estimate of drug-likeness (QED) is 0.526. The molecule has 0 radical (unpaired) electrons. The van der Waals surface area contributed by atoms with E-state index in [-0.39, 0.29) is 23.7 Å². The minimum absolute atomic E-state index is 0.273. The zero-order chi connectivity index (χ0) is 8.59. The van der Waals surface area contributed by atoms with Gasteiger partial charge < -0.3 is 5.11 Å².